The lowest BCUT2D eigenvalue weighted by Gasteiger charge is -2.26. The number of hydrogen-bond donors (Lipinski definition) is 2. The zero-order valence-electron chi connectivity index (χ0n) is 11.6. The molecule has 2 aromatic heterocycles. The highest BCUT2D eigenvalue weighted by atomic mass is 32.1. The molecular weight excluding hydrogens is 288 g/mol. The summed E-state index contributed by atoms with van der Waals surface area (Å²) >= 11 is 1.63. The fraction of sp³-hybridized carbons (Fsp3) is 0.467. The van der Waals surface area contributed by atoms with Gasteiger partial charge >= 0.3 is 5.97 Å². The highest BCUT2D eigenvalue weighted by Crippen LogP contribution is 2.26. The molecule has 21 heavy (non-hydrogen) atoms. The van der Waals surface area contributed by atoms with E-state index < -0.39 is 5.97 Å². The number of nitrogens with one attached hydrogen (secondary N) is 1. The fourth-order valence-corrected chi connectivity index (χ4v) is 3.40. The molecule has 0 radical (unpaired) electrons. The molecule has 2 aromatic rings. The van der Waals surface area contributed by atoms with Gasteiger partial charge in [-0.1, -0.05) is 11.2 Å². The van der Waals surface area contributed by atoms with Gasteiger partial charge in [0.15, 0.2) is 5.76 Å². The first-order chi connectivity index (χ1) is 10.2. The molecule has 1 fully saturated rings. The summed E-state index contributed by atoms with van der Waals surface area (Å²) in [5.74, 6) is -0.0255. The SMILES string of the molecule is O=C(O)C1CCC(NCc2cc(-c3cccs3)on2)CC1. The van der Waals surface area contributed by atoms with Crippen molar-refractivity contribution in [1.82, 2.24) is 10.5 Å². The quantitative estimate of drug-likeness (QED) is 0.887. The molecule has 0 spiro atoms. The van der Waals surface area contributed by atoms with Crippen LogP contribution in [0.25, 0.3) is 10.6 Å². The first kappa shape index (κ1) is 14.3. The van der Waals surface area contributed by atoms with E-state index in [0.29, 0.717) is 12.6 Å². The second kappa shape index (κ2) is 6.41. The summed E-state index contributed by atoms with van der Waals surface area (Å²) in [6.07, 6.45) is 3.33. The van der Waals surface area contributed by atoms with Crippen LogP contribution in [0.3, 0.4) is 0 Å². The Morgan fingerprint density at radius 2 is 2.24 bits per heavy atom. The Morgan fingerprint density at radius 1 is 1.43 bits per heavy atom. The van der Waals surface area contributed by atoms with Crippen LogP contribution in [0.2, 0.25) is 0 Å². The third-order valence-electron chi connectivity index (χ3n) is 3.97. The van der Waals surface area contributed by atoms with Crippen molar-refractivity contribution in [1.29, 1.82) is 0 Å². The third kappa shape index (κ3) is 3.51. The summed E-state index contributed by atoms with van der Waals surface area (Å²) < 4.78 is 5.34. The van der Waals surface area contributed by atoms with Gasteiger partial charge in [0.2, 0.25) is 0 Å². The van der Waals surface area contributed by atoms with E-state index in [4.69, 9.17) is 9.63 Å². The molecule has 0 bridgehead atoms. The minimum Gasteiger partial charge on any atom is -0.481 e. The van der Waals surface area contributed by atoms with Gasteiger partial charge in [0, 0.05) is 18.7 Å². The molecule has 0 saturated heterocycles. The van der Waals surface area contributed by atoms with Crippen molar-refractivity contribution in [3.05, 3.63) is 29.3 Å². The van der Waals surface area contributed by atoms with E-state index in [1.807, 2.05) is 23.6 Å². The Kier molecular flexibility index (Phi) is 4.36. The molecule has 0 unspecified atom stereocenters. The Labute approximate surface area is 127 Å². The van der Waals surface area contributed by atoms with Gasteiger partial charge in [-0.2, -0.15) is 0 Å². The molecule has 2 heterocycles. The molecule has 5 nitrogen and oxygen atoms in total. The first-order valence-electron chi connectivity index (χ1n) is 7.18. The van der Waals surface area contributed by atoms with Gasteiger partial charge in [0.05, 0.1) is 16.5 Å². The lowest BCUT2D eigenvalue weighted by Crippen LogP contribution is -2.34. The van der Waals surface area contributed by atoms with Crippen LogP contribution in [-0.4, -0.2) is 22.3 Å². The maximum absolute atomic E-state index is 10.9. The predicted molar refractivity (Wildman–Crippen MR) is 80.0 cm³/mol. The van der Waals surface area contributed by atoms with Gasteiger partial charge < -0.3 is 14.9 Å². The summed E-state index contributed by atoms with van der Waals surface area (Å²) in [5, 5.41) is 18.5. The summed E-state index contributed by atoms with van der Waals surface area (Å²) in [6, 6.07) is 6.33. The maximum atomic E-state index is 10.9. The zero-order valence-corrected chi connectivity index (χ0v) is 12.4. The minimum atomic E-state index is -0.662. The minimum absolute atomic E-state index is 0.166. The molecule has 0 atom stereocenters. The van der Waals surface area contributed by atoms with Gasteiger partial charge in [-0.05, 0) is 37.1 Å². The Bertz CT molecular complexity index is 586. The Morgan fingerprint density at radius 3 is 2.90 bits per heavy atom. The normalized spacial score (nSPS) is 22.3. The van der Waals surface area contributed by atoms with Crippen LogP contribution >= 0.6 is 11.3 Å². The molecule has 1 aliphatic rings. The fourth-order valence-electron chi connectivity index (χ4n) is 2.72. The number of hydrogen-bond acceptors (Lipinski definition) is 5. The van der Waals surface area contributed by atoms with Crippen LogP contribution in [0.15, 0.2) is 28.1 Å². The van der Waals surface area contributed by atoms with E-state index >= 15 is 0 Å². The number of rotatable bonds is 5. The predicted octanol–water partition coefficient (Wildman–Crippen LogP) is 3.14. The van der Waals surface area contributed by atoms with E-state index in [1.165, 1.54) is 0 Å². The number of aromatic nitrogens is 1. The van der Waals surface area contributed by atoms with E-state index in [1.54, 1.807) is 11.3 Å². The number of nitrogens with zero attached hydrogens (tertiary/aromatic N) is 1. The van der Waals surface area contributed by atoms with Crippen molar-refractivity contribution >= 4 is 17.3 Å². The van der Waals surface area contributed by atoms with E-state index in [2.05, 4.69) is 10.5 Å². The average Bonchev–Trinajstić information content (AvgIpc) is 3.16. The van der Waals surface area contributed by atoms with E-state index in [9.17, 15) is 4.79 Å². The van der Waals surface area contributed by atoms with Crippen LogP contribution in [0.4, 0.5) is 0 Å². The lowest BCUT2D eigenvalue weighted by molar-refractivity contribution is -0.142. The topological polar surface area (TPSA) is 75.4 Å². The van der Waals surface area contributed by atoms with Crippen LogP contribution in [0, 0.1) is 5.92 Å². The Hall–Kier alpha value is -1.66. The van der Waals surface area contributed by atoms with Gasteiger partial charge in [-0.15, -0.1) is 11.3 Å². The van der Waals surface area contributed by atoms with E-state index in [-0.39, 0.29) is 5.92 Å². The van der Waals surface area contributed by atoms with Crippen molar-refractivity contribution in [3.63, 3.8) is 0 Å². The second-order valence-electron chi connectivity index (χ2n) is 5.43. The molecule has 1 aliphatic carbocycles. The van der Waals surface area contributed by atoms with Crippen molar-refractivity contribution < 1.29 is 14.4 Å². The van der Waals surface area contributed by atoms with Crippen LogP contribution < -0.4 is 5.32 Å². The maximum Gasteiger partial charge on any atom is 0.306 e. The standard InChI is InChI=1S/C15H18N2O3S/c18-15(19)10-3-5-11(6-4-10)16-9-12-8-13(20-17-12)14-2-1-7-21-14/h1-2,7-8,10-11,16H,3-6,9H2,(H,18,19). The molecule has 1 saturated carbocycles. The molecule has 112 valence electrons. The molecule has 3 rings (SSSR count). The van der Waals surface area contributed by atoms with Crippen molar-refractivity contribution in [2.45, 2.75) is 38.3 Å². The number of aliphatic carboxylic acids is 1. The van der Waals surface area contributed by atoms with Crippen molar-refractivity contribution in [3.8, 4) is 10.6 Å². The largest absolute Gasteiger partial charge is 0.481 e. The molecule has 2 N–H and O–H groups in total. The summed E-state index contributed by atoms with van der Waals surface area (Å²) in [4.78, 5) is 12.0. The summed E-state index contributed by atoms with van der Waals surface area (Å²) in [5.41, 5.74) is 0.888. The van der Waals surface area contributed by atoms with Crippen LogP contribution in [-0.2, 0) is 11.3 Å². The number of carbonyl (C=O) groups is 1. The summed E-state index contributed by atoms with van der Waals surface area (Å²) in [6.45, 7) is 0.664. The van der Waals surface area contributed by atoms with Gasteiger partial charge in [0.1, 0.15) is 0 Å². The number of carboxylic acid groups (broad SMARTS) is 1. The molecule has 6 heteroatoms. The number of carboxylic acids is 1. The second-order valence-corrected chi connectivity index (χ2v) is 6.38. The smallest absolute Gasteiger partial charge is 0.306 e. The van der Waals surface area contributed by atoms with Gasteiger partial charge in [0.25, 0.3) is 0 Å². The zero-order chi connectivity index (χ0) is 14.7. The Balaban J connectivity index is 1.49. The highest BCUT2D eigenvalue weighted by Gasteiger charge is 2.25. The monoisotopic (exact) mass is 306 g/mol. The van der Waals surface area contributed by atoms with E-state index in [0.717, 1.165) is 42.0 Å². The van der Waals surface area contributed by atoms with Gasteiger partial charge in [-0.25, -0.2) is 0 Å². The average molecular weight is 306 g/mol. The molecule has 0 aliphatic heterocycles. The van der Waals surface area contributed by atoms with Crippen molar-refractivity contribution in [2.24, 2.45) is 5.92 Å². The lowest BCUT2D eigenvalue weighted by atomic mass is 9.86. The number of thiophene rings is 1. The molecule has 0 amide bonds. The molecule has 0 aromatic carbocycles. The van der Waals surface area contributed by atoms with Crippen LogP contribution in [0.1, 0.15) is 31.4 Å². The van der Waals surface area contributed by atoms with Crippen LogP contribution in [0.5, 0.6) is 0 Å². The highest BCUT2D eigenvalue weighted by molar-refractivity contribution is 7.13. The van der Waals surface area contributed by atoms with Gasteiger partial charge in [-0.3, -0.25) is 4.79 Å². The summed E-state index contributed by atoms with van der Waals surface area (Å²) in [7, 11) is 0. The first-order valence-corrected chi connectivity index (χ1v) is 8.06. The third-order valence-corrected chi connectivity index (χ3v) is 4.86. The molecular formula is C15H18N2O3S. The van der Waals surface area contributed by atoms with Crippen molar-refractivity contribution in [2.75, 3.05) is 0 Å².